The van der Waals surface area contributed by atoms with Crippen molar-refractivity contribution in [1.82, 2.24) is 4.98 Å². The first-order valence-electron chi connectivity index (χ1n) is 5.61. The number of hydrogen-bond acceptors (Lipinski definition) is 4. The Morgan fingerprint density at radius 2 is 2.11 bits per heavy atom. The molecule has 0 fully saturated rings. The number of ether oxygens (including phenoxy) is 2. The highest BCUT2D eigenvalue weighted by atomic mass is 79.9. The quantitative estimate of drug-likeness (QED) is 0.718. The standard InChI is InChI=1S/C14H10BrNO3/c1-17-13-8-9(2-3-11(13)15)19-14-10-5-7-18-12(10)4-6-16-14/h2-8H,1H3. The molecule has 0 amide bonds. The van der Waals surface area contributed by atoms with Gasteiger partial charge in [-0.1, -0.05) is 0 Å². The molecule has 0 saturated carbocycles. The molecular weight excluding hydrogens is 310 g/mol. The number of pyridine rings is 1. The van der Waals surface area contributed by atoms with Crippen molar-refractivity contribution in [3.63, 3.8) is 0 Å². The van der Waals surface area contributed by atoms with Crippen molar-refractivity contribution in [2.45, 2.75) is 0 Å². The van der Waals surface area contributed by atoms with Crippen LogP contribution in [0.2, 0.25) is 0 Å². The van der Waals surface area contributed by atoms with Crippen molar-refractivity contribution in [3.05, 3.63) is 47.3 Å². The normalized spacial score (nSPS) is 10.6. The number of halogens is 1. The Kier molecular flexibility index (Phi) is 3.13. The number of nitrogens with zero attached hydrogens (tertiary/aromatic N) is 1. The zero-order valence-corrected chi connectivity index (χ0v) is 11.7. The minimum absolute atomic E-state index is 0.510. The molecule has 0 aliphatic heterocycles. The van der Waals surface area contributed by atoms with Gasteiger partial charge in [0.25, 0.3) is 0 Å². The predicted molar refractivity (Wildman–Crippen MR) is 74.8 cm³/mol. The van der Waals surface area contributed by atoms with Gasteiger partial charge < -0.3 is 13.9 Å². The Hall–Kier alpha value is -2.01. The maximum Gasteiger partial charge on any atom is 0.230 e. The van der Waals surface area contributed by atoms with Gasteiger partial charge in [0.2, 0.25) is 5.88 Å². The minimum Gasteiger partial charge on any atom is -0.495 e. The number of aromatic nitrogens is 1. The van der Waals surface area contributed by atoms with E-state index in [1.54, 1.807) is 31.7 Å². The Morgan fingerprint density at radius 3 is 2.95 bits per heavy atom. The van der Waals surface area contributed by atoms with Gasteiger partial charge in [-0.3, -0.25) is 0 Å². The number of rotatable bonds is 3. The van der Waals surface area contributed by atoms with Crippen LogP contribution >= 0.6 is 15.9 Å². The Morgan fingerprint density at radius 1 is 1.21 bits per heavy atom. The molecule has 0 saturated heterocycles. The Balaban J connectivity index is 1.99. The van der Waals surface area contributed by atoms with Crippen molar-refractivity contribution in [2.75, 3.05) is 7.11 Å². The predicted octanol–water partition coefficient (Wildman–Crippen LogP) is 4.39. The summed E-state index contributed by atoms with van der Waals surface area (Å²) in [6.07, 6.45) is 3.26. The van der Waals surface area contributed by atoms with Gasteiger partial charge in [-0.2, -0.15) is 0 Å². The fourth-order valence-corrected chi connectivity index (χ4v) is 2.17. The Labute approximate surface area is 118 Å². The SMILES string of the molecule is COc1cc(Oc2nccc3occc23)ccc1Br. The maximum atomic E-state index is 5.78. The molecule has 0 aliphatic carbocycles. The van der Waals surface area contributed by atoms with E-state index in [0.717, 1.165) is 15.4 Å². The second-order valence-corrected chi connectivity index (χ2v) is 4.70. The fraction of sp³-hybridized carbons (Fsp3) is 0.0714. The van der Waals surface area contributed by atoms with Crippen molar-refractivity contribution in [2.24, 2.45) is 0 Å². The molecule has 0 atom stereocenters. The second kappa shape index (κ2) is 4.93. The number of furan rings is 1. The van der Waals surface area contributed by atoms with Gasteiger partial charge in [-0.05, 0) is 40.2 Å². The lowest BCUT2D eigenvalue weighted by molar-refractivity contribution is 0.405. The molecule has 0 N–H and O–H groups in total. The topological polar surface area (TPSA) is 44.5 Å². The van der Waals surface area contributed by atoms with Crippen molar-refractivity contribution < 1.29 is 13.9 Å². The molecule has 1 aromatic carbocycles. The van der Waals surface area contributed by atoms with Gasteiger partial charge in [0.1, 0.15) is 17.1 Å². The molecule has 5 heteroatoms. The zero-order valence-electron chi connectivity index (χ0n) is 10.1. The fourth-order valence-electron chi connectivity index (χ4n) is 1.77. The van der Waals surface area contributed by atoms with Crippen molar-refractivity contribution >= 4 is 26.9 Å². The van der Waals surface area contributed by atoms with E-state index in [0.29, 0.717) is 17.4 Å². The summed E-state index contributed by atoms with van der Waals surface area (Å²) in [6.45, 7) is 0. The molecule has 19 heavy (non-hydrogen) atoms. The van der Waals surface area contributed by atoms with E-state index in [2.05, 4.69) is 20.9 Å². The number of hydrogen-bond donors (Lipinski definition) is 0. The summed E-state index contributed by atoms with van der Waals surface area (Å²) in [5, 5.41) is 0.837. The molecule has 0 bridgehead atoms. The summed E-state index contributed by atoms with van der Waals surface area (Å²) in [7, 11) is 1.61. The summed E-state index contributed by atoms with van der Waals surface area (Å²) in [5.74, 6) is 1.87. The number of fused-ring (bicyclic) bond motifs is 1. The van der Waals surface area contributed by atoms with Gasteiger partial charge in [0.05, 0.1) is 23.2 Å². The number of methoxy groups -OCH3 is 1. The molecule has 96 valence electrons. The monoisotopic (exact) mass is 319 g/mol. The first kappa shape index (κ1) is 12.0. The van der Waals surface area contributed by atoms with Gasteiger partial charge in [-0.15, -0.1) is 0 Å². The Bertz CT molecular complexity index is 724. The van der Waals surface area contributed by atoms with E-state index in [1.165, 1.54) is 0 Å². The van der Waals surface area contributed by atoms with E-state index in [4.69, 9.17) is 13.9 Å². The lowest BCUT2D eigenvalue weighted by Crippen LogP contribution is -1.90. The molecule has 0 aliphatic rings. The van der Waals surface area contributed by atoms with Gasteiger partial charge in [-0.25, -0.2) is 4.98 Å². The highest BCUT2D eigenvalue weighted by molar-refractivity contribution is 9.10. The van der Waals surface area contributed by atoms with Crippen LogP contribution in [-0.4, -0.2) is 12.1 Å². The largest absolute Gasteiger partial charge is 0.495 e. The van der Waals surface area contributed by atoms with Crippen LogP contribution in [0.3, 0.4) is 0 Å². The van der Waals surface area contributed by atoms with Crippen LogP contribution in [-0.2, 0) is 0 Å². The van der Waals surface area contributed by atoms with Crippen LogP contribution in [0.15, 0.2) is 51.7 Å². The first-order chi connectivity index (χ1) is 9.28. The lowest BCUT2D eigenvalue weighted by Gasteiger charge is -2.08. The second-order valence-electron chi connectivity index (χ2n) is 3.85. The molecule has 0 unspecified atom stereocenters. The molecule has 3 rings (SSSR count). The van der Waals surface area contributed by atoms with Crippen LogP contribution in [0, 0.1) is 0 Å². The van der Waals surface area contributed by atoms with E-state index in [1.807, 2.05) is 18.2 Å². The third kappa shape index (κ3) is 2.29. The van der Waals surface area contributed by atoms with Gasteiger partial charge in [0.15, 0.2) is 0 Å². The zero-order chi connectivity index (χ0) is 13.2. The molecule has 2 heterocycles. The molecule has 0 radical (unpaired) electrons. The van der Waals surface area contributed by atoms with Crippen LogP contribution in [0.1, 0.15) is 0 Å². The maximum absolute atomic E-state index is 5.78. The van der Waals surface area contributed by atoms with Crippen LogP contribution in [0.4, 0.5) is 0 Å². The van der Waals surface area contributed by atoms with Crippen molar-refractivity contribution in [3.8, 4) is 17.4 Å². The van der Waals surface area contributed by atoms with E-state index in [9.17, 15) is 0 Å². The third-order valence-electron chi connectivity index (χ3n) is 2.68. The highest BCUT2D eigenvalue weighted by Crippen LogP contribution is 2.33. The minimum atomic E-state index is 0.510. The third-order valence-corrected chi connectivity index (χ3v) is 3.34. The summed E-state index contributed by atoms with van der Waals surface area (Å²) >= 11 is 3.40. The highest BCUT2D eigenvalue weighted by Gasteiger charge is 2.09. The van der Waals surface area contributed by atoms with E-state index < -0.39 is 0 Å². The smallest absolute Gasteiger partial charge is 0.230 e. The molecule has 2 aromatic heterocycles. The average Bonchev–Trinajstić information content (AvgIpc) is 2.90. The van der Waals surface area contributed by atoms with Crippen molar-refractivity contribution in [1.29, 1.82) is 0 Å². The van der Waals surface area contributed by atoms with Gasteiger partial charge >= 0.3 is 0 Å². The summed E-state index contributed by atoms with van der Waals surface area (Å²) in [6, 6.07) is 9.12. The molecule has 0 spiro atoms. The number of benzene rings is 1. The molecule has 4 nitrogen and oxygen atoms in total. The van der Waals surface area contributed by atoms with Crippen LogP contribution < -0.4 is 9.47 Å². The molecular formula is C14H10BrNO3. The van der Waals surface area contributed by atoms with Gasteiger partial charge in [0, 0.05) is 12.3 Å². The first-order valence-corrected chi connectivity index (χ1v) is 6.41. The average molecular weight is 320 g/mol. The summed E-state index contributed by atoms with van der Waals surface area (Å²) in [5.41, 5.74) is 0.745. The lowest BCUT2D eigenvalue weighted by atomic mass is 10.3. The summed E-state index contributed by atoms with van der Waals surface area (Å²) < 4.78 is 17.2. The van der Waals surface area contributed by atoms with E-state index in [-0.39, 0.29) is 0 Å². The van der Waals surface area contributed by atoms with Crippen LogP contribution in [0.25, 0.3) is 11.0 Å². The summed E-state index contributed by atoms with van der Waals surface area (Å²) in [4.78, 5) is 4.22. The van der Waals surface area contributed by atoms with Crippen LogP contribution in [0.5, 0.6) is 17.4 Å². The van der Waals surface area contributed by atoms with E-state index >= 15 is 0 Å². The molecule has 3 aromatic rings.